The van der Waals surface area contributed by atoms with Crippen LogP contribution in [0, 0.1) is 6.92 Å². The van der Waals surface area contributed by atoms with Crippen molar-refractivity contribution in [2.75, 3.05) is 7.05 Å². The second kappa shape index (κ2) is 7.39. The number of likely N-dealkylation sites (N-methyl/N-ethyl adjacent to an activating group) is 1. The Morgan fingerprint density at radius 2 is 1.91 bits per heavy atom. The van der Waals surface area contributed by atoms with Crippen LogP contribution in [0.5, 0.6) is 5.75 Å². The summed E-state index contributed by atoms with van der Waals surface area (Å²) in [5.41, 5.74) is -0.130. The van der Waals surface area contributed by atoms with E-state index >= 15 is 0 Å². The van der Waals surface area contributed by atoms with Gasteiger partial charge in [-0.3, -0.25) is 4.90 Å². The lowest BCUT2D eigenvalue weighted by Crippen LogP contribution is -2.37. The molecule has 1 rings (SSSR count). The molecule has 1 aromatic rings. The number of carbonyl (C=O) groups excluding carboxylic acids is 2. The Morgan fingerprint density at radius 3 is 2.39 bits per heavy atom. The molecule has 0 bridgehead atoms. The van der Waals surface area contributed by atoms with E-state index in [2.05, 4.69) is 4.74 Å². The van der Waals surface area contributed by atoms with Crippen molar-refractivity contribution in [1.82, 2.24) is 4.90 Å². The fourth-order valence-electron chi connectivity index (χ4n) is 1.98. The molecule has 0 radical (unpaired) electrons. The molecule has 0 spiro atoms. The number of rotatable bonds is 5. The molecule has 0 fully saturated rings. The number of halogens is 2. The van der Waals surface area contributed by atoms with Crippen LogP contribution >= 0.6 is 0 Å². The Kier molecular flexibility index (Phi) is 6.06. The van der Waals surface area contributed by atoms with Gasteiger partial charge in [-0.15, -0.1) is 0 Å². The highest BCUT2D eigenvalue weighted by atomic mass is 19.3. The van der Waals surface area contributed by atoms with Crippen LogP contribution in [0.1, 0.15) is 37.9 Å². The molecular weight excluding hydrogens is 308 g/mol. The SMILES string of the molecule is Cc1cccc(C(C=O)N(C)C(=O)OC(C)(C)C)c1OC(F)F. The second-order valence-corrected chi connectivity index (χ2v) is 6.04. The third-order valence-electron chi connectivity index (χ3n) is 3.00. The zero-order chi connectivity index (χ0) is 17.8. The van der Waals surface area contributed by atoms with Crippen molar-refractivity contribution in [3.05, 3.63) is 29.3 Å². The zero-order valence-electron chi connectivity index (χ0n) is 13.8. The molecule has 0 aliphatic heterocycles. The minimum Gasteiger partial charge on any atom is -0.444 e. The minimum absolute atomic E-state index is 0.116. The van der Waals surface area contributed by atoms with Crippen molar-refractivity contribution in [1.29, 1.82) is 0 Å². The maximum Gasteiger partial charge on any atom is 0.410 e. The first-order valence-electron chi connectivity index (χ1n) is 7.02. The standard InChI is InChI=1S/C16H21F2NO4/c1-10-7-6-8-11(13(10)22-14(17)18)12(9-20)19(5)15(21)23-16(2,3)4/h6-9,12,14H,1-5H3. The third-order valence-corrected chi connectivity index (χ3v) is 3.00. The van der Waals surface area contributed by atoms with Gasteiger partial charge in [-0.1, -0.05) is 18.2 Å². The predicted octanol–water partition coefficient (Wildman–Crippen LogP) is 3.70. The number of ether oxygens (including phenoxy) is 2. The summed E-state index contributed by atoms with van der Waals surface area (Å²) in [6, 6.07) is 3.54. The van der Waals surface area contributed by atoms with Crippen molar-refractivity contribution >= 4 is 12.4 Å². The van der Waals surface area contributed by atoms with Gasteiger partial charge in [0.2, 0.25) is 0 Å². The van der Waals surface area contributed by atoms with E-state index in [1.807, 2.05) is 0 Å². The number of para-hydroxylation sites is 1. The van der Waals surface area contributed by atoms with E-state index in [0.717, 1.165) is 4.90 Å². The maximum absolute atomic E-state index is 12.6. The summed E-state index contributed by atoms with van der Waals surface area (Å²) in [7, 11) is 1.36. The molecule has 1 amide bonds. The monoisotopic (exact) mass is 329 g/mol. The smallest absolute Gasteiger partial charge is 0.410 e. The highest BCUT2D eigenvalue weighted by Gasteiger charge is 2.29. The Labute approximate surface area is 134 Å². The third kappa shape index (κ3) is 5.19. The molecule has 0 aromatic heterocycles. The van der Waals surface area contributed by atoms with E-state index < -0.39 is 24.3 Å². The normalized spacial score (nSPS) is 12.7. The number of alkyl halides is 2. The van der Waals surface area contributed by atoms with Gasteiger partial charge in [0.05, 0.1) is 0 Å². The van der Waals surface area contributed by atoms with E-state index in [1.165, 1.54) is 13.1 Å². The maximum atomic E-state index is 12.6. The molecular formula is C16H21F2NO4. The first-order valence-corrected chi connectivity index (χ1v) is 7.02. The highest BCUT2D eigenvalue weighted by Crippen LogP contribution is 2.32. The number of aryl methyl sites for hydroxylation is 1. The van der Waals surface area contributed by atoms with Crippen LogP contribution in [0.2, 0.25) is 0 Å². The van der Waals surface area contributed by atoms with Crippen LogP contribution in [0.4, 0.5) is 13.6 Å². The topological polar surface area (TPSA) is 55.8 Å². The molecule has 128 valence electrons. The van der Waals surface area contributed by atoms with Crippen LogP contribution in [0.15, 0.2) is 18.2 Å². The van der Waals surface area contributed by atoms with E-state index in [0.29, 0.717) is 11.8 Å². The molecule has 0 aliphatic carbocycles. The van der Waals surface area contributed by atoms with Crippen LogP contribution in [-0.2, 0) is 9.53 Å². The largest absolute Gasteiger partial charge is 0.444 e. The van der Waals surface area contributed by atoms with Gasteiger partial charge < -0.3 is 14.3 Å². The average Bonchev–Trinajstić information content (AvgIpc) is 2.40. The quantitative estimate of drug-likeness (QED) is 0.773. The Balaban J connectivity index is 3.17. The van der Waals surface area contributed by atoms with Gasteiger partial charge in [0.1, 0.15) is 23.7 Å². The van der Waals surface area contributed by atoms with Gasteiger partial charge in [-0.25, -0.2) is 4.79 Å². The van der Waals surface area contributed by atoms with Crippen molar-refractivity contribution in [3.8, 4) is 5.75 Å². The molecule has 0 N–H and O–H groups in total. The van der Waals surface area contributed by atoms with Crippen LogP contribution < -0.4 is 4.74 Å². The van der Waals surface area contributed by atoms with E-state index in [1.54, 1.807) is 39.8 Å². The van der Waals surface area contributed by atoms with Crippen molar-refractivity contribution in [2.24, 2.45) is 0 Å². The van der Waals surface area contributed by atoms with Crippen LogP contribution in [0.3, 0.4) is 0 Å². The Morgan fingerprint density at radius 1 is 1.30 bits per heavy atom. The zero-order valence-corrected chi connectivity index (χ0v) is 13.8. The van der Waals surface area contributed by atoms with Gasteiger partial charge >= 0.3 is 12.7 Å². The Bertz CT molecular complexity index is 570. The lowest BCUT2D eigenvalue weighted by Gasteiger charge is -2.29. The first kappa shape index (κ1) is 18.9. The fourth-order valence-corrected chi connectivity index (χ4v) is 1.98. The number of carbonyl (C=O) groups is 2. The molecule has 0 heterocycles. The molecule has 0 saturated heterocycles. The molecule has 1 atom stereocenters. The predicted molar refractivity (Wildman–Crippen MR) is 80.6 cm³/mol. The summed E-state index contributed by atoms with van der Waals surface area (Å²) in [6.45, 7) is 3.61. The fraction of sp³-hybridized carbons (Fsp3) is 0.500. The van der Waals surface area contributed by atoms with Crippen molar-refractivity contribution < 1.29 is 27.8 Å². The lowest BCUT2D eigenvalue weighted by molar-refractivity contribution is -0.112. The molecule has 0 aliphatic rings. The van der Waals surface area contributed by atoms with Crippen molar-refractivity contribution in [3.63, 3.8) is 0 Å². The van der Waals surface area contributed by atoms with Gasteiger partial charge in [0.15, 0.2) is 0 Å². The number of hydrogen-bond donors (Lipinski definition) is 0. The van der Waals surface area contributed by atoms with Crippen LogP contribution in [0.25, 0.3) is 0 Å². The number of benzene rings is 1. The molecule has 0 saturated carbocycles. The van der Waals surface area contributed by atoms with E-state index in [9.17, 15) is 18.4 Å². The summed E-state index contributed by atoms with van der Waals surface area (Å²) in [5.74, 6) is -0.116. The minimum atomic E-state index is -3.03. The number of aldehydes is 1. The summed E-state index contributed by atoms with van der Waals surface area (Å²) in [4.78, 5) is 24.6. The molecule has 5 nitrogen and oxygen atoms in total. The van der Waals surface area contributed by atoms with Crippen LogP contribution in [-0.4, -0.2) is 36.5 Å². The van der Waals surface area contributed by atoms with Gasteiger partial charge in [-0.05, 0) is 33.3 Å². The number of amides is 1. The molecule has 7 heteroatoms. The van der Waals surface area contributed by atoms with Gasteiger partial charge in [0, 0.05) is 12.6 Å². The summed E-state index contributed by atoms with van der Waals surface area (Å²) in [6.07, 6.45) is -0.254. The molecule has 1 aromatic carbocycles. The number of nitrogens with zero attached hydrogens (tertiary/aromatic N) is 1. The highest BCUT2D eigenvalue weighted by molar-refractivity contribution is 5.75. The average molecular weight is 329 g/mol. The molecule has 23 heavy (non-hydrogen) atoms. The lowest BCUT2D eigenvalue weighted by atomic mass is 10.0. The van der Waals surface area contributed by atoms with Gasteiger partial charge in [0.25, 0.3) is 0 Å². The number of hydrogen-bond acceptors (Lipinski definition) is 4. The van der Waals surface area contributed by atoms with Crippen molar-refractivity contribution in [2.45, 2.75) is 45.9 Å². The Hall–Kier alpha value is -2.18. The second-order valence-electron chi connectivity index (χ2n) is 6.04. The summed E-state index contributed by atoms with van der Waals surface area (Å²) < 4.78 is 34.9. The molecule has 1 unspecified atom stereocenters. The first-order chi connectivity index (χ1) is 10.6. The summed E-state index contributed by atoms with van der Waals surface area (Å²) in [5, 5.41) is 0. The van der Waals surface area contributed by atoms with Gasteiger partial charge in [-0.2, -0.15) is 8.78 Å². The summed E-state index contributed by atoms with van der Waals surface area (Å²) >= 11 is 0. The van der Waals surface area contributed by atoms with E-state index in [4.69, 9.17) is 4.74 Å². The van der Waals surface area contributed by atoms with E-state index in [-0.39, 0.29) is 11.3 Å².